The molecule has 1 aliphatic rings. The second-order valence-corrected chi connectivity index (χ2v) is 5.64. The van der Waals surface area contributed by atoms with Gasteiger partial charge in [-0.25, -0.2) is 9.67 Å². The molecular weight excluding hydrogens is 304 g/mol. The van der Waals surface area contributed by atoms with E-state index in [1.165, 1.54) is 12.8 Å². The van der Waals surface area contributed by atoms with E-state index < -0.39 is 0 Å². The molecule has 0 saturated heterocycles. The Morgan fingerprint density at radius 3 is 3.00 bits per heavy atom. The first-order valence-corrected chi connectivity index (χ1v) is 7.23. The third-order valence-electron chi connectivity index (χ3n) is 3.16. The van der Waals surface area contributed by atoms with Crippen molar-refractivity contribution in [3.63, 3.8) is 0 Å². The summed E-state index contributed by atoms with van der Waals surface area (Å²) in [6.07, 6.45) is 8.20. The maximum Gasteiger partial charge on any atom is 0.153 e. The van der Waals surface area contributed by atoms with E-state index in [-0.39, 0.29) is 6.04 Å². The molecule has 0 aromatic carbocycles. The average molecular weight is 319 g/mol. The van der Waals surface area contributed by atoms with E-state index in [2.05, 4.69) is 44.1 Å². The number of pyridine rings is 1. The van der Waals surface area contributed by atoms with E-state index in [1.54, 1.807) is 12.4 Å². The highest BCUT2D eigenvalue weighted by Gasteiger charge is 2.21. The summed E-state index contributed by atoms with van der Waals surface area (Å²) in [5.41, 5.74) is 1.04. The summed E-state index contributed by atoms with van der Waals surface area (Å²) in [4.78, 5) is 8.97. The lowest BCUT2D eigenvalue weighted by atomic mass is 10.2. The van der Waals surface area contributed by atoms with Gasteiger partial charge in [-0.2, -0.15) is 5.10 Å². The Hall–Kier alpha value is -1.49. The summed E-state index contributed by atoms with van der Waals surface area (Å²) >= 11 is 3.55. The van der Waals surface area contributed by atoms with Crippen molar-refractivity contribution in [3.05, 3.63) is 40.8 Å². The second kappa shape index (κ2) is 5.25. The van der Waals surface area contributed by atoms with Gasteiger partial charge in [0.15, 0.2) is 5.82 Å². The van der Waals surface area contributed by atoms with Crippen LogP contribution in [0.4, 0.5) is 0 Å². The average Bonchev–Trinajstić information content (AvgIpc) is 3.19. The molecule has 3 rings (SSSR count). The number of hydrogen-bond donors (Lipinski definition) is 0. The van der Waals surface area contributed by atoms with Gasteiger partial charge in [-0.1, -0.05) is 6.07 Å². The largest absolute Gasteiger partial charge is 0.288 e. The van der Waals surface area contributed by atoms with Crippen molar-refractivity contribution in [2.75, 3.05) is 0 Å². The lowest BCUT2D eigenvalue weighted by molar-refractivity contribution is 0.699. The number of aromatic nitrogens is 3. The SMILES string of the molecule is CC(N=CC1CC1)c1c(Br)cnn1-c1ccccn1. The predicted molar refractivity (Wildman–Crippen MR) is 78.7 cm³/mol. The zero-order valence-electron chi connectivity index (χ0n) is 10.7. The molecule has 2 aromatic rings. The Bertz CT molecular complexity index is 587. The molecule has 2 heterocycles. The molecule has 1 fully saturated rings. The van der Waals surface area contributed by atoms with Crippen LogP contribution in [0.15, 0.2) is 40.1 Å². The van der Waals surface area contributed by atoms with Crippen LogP contribution >= 0.6 is 15.9 Å². The van der Waals surface area contributed by atoms with Gasteiger partial charge in [-0.15, -0.1) is 0 Å². The van der Waals surface area contributed by atoms with Gasteiger partial charge in [-0.3, -0.25) is 4.99 Å². The maximum absolute atomic E-state index is 4.63. The first-order valence-electron chi connectivity index (χ1n) is 6.44. The molecule has 0 amide bonds. The Morgan fingerprint density at radius 1 is 1.47 bits per heavy atom. The standard InChI is InChI=1S/C14H15BrN4/c1-10(17-8-11-5-6-11)14-12(15)9-18-19(14)13-4-2-3-7-16-13/h2-4,7-11H,5-6H2,1H3. The quantitative estimate of drug-likeness (QED) is 0.809. The molecule has 0 spiro atoms. The molecule has 2 aromatic heterocycles. The lowest BCUT2D eigenvalue weighted by Gasteiger charge is -2.10. The van der Waals surface area contributed by atoms with Crippen molar-refractivity contribution in [1.29, 1.82) is 0 Å². The molecule has 0 radical (unpaired) electrons. The molecule has 0 bridgehead atoms. The first-order chi connectivity index (χ1) is 9.25. The smallest absolute Gasteiger partial charge is 0.153 e. The van der Waals surface area contributed by atoms with Crippen molar-refractivity contribution < 1.29 is 0 Å². The summed E-state index contributed by atoms with van der Waals surface area (Å²) in [7, 11) is 0. The second-order valence-electron chi connectivity index (χ2n) is 4.79. The van der Waals surface area contributed by atoms with Gasteiger partial charge < -0.3 is 0 Å². The van der Waals surface area contributed by atoms with Crippen LogP contribution in [0.1, 0.15) is 31.5 Å². The molecule has 98 valence electrons. The van der Waals surface area contributed by atoms with Gasteiger partial charge in [0.2, 0.25) is 0 Å². The number of rotatable bonds is 4. The van der Waals surface area contributed by atoms with Crippen LogP contribution in [0, 0.1) is 5.92 Å². The molecule has 0 N–H and O–H groups in total. The monoisotopic (exact) mass is 318 g/mol. The Labute approximate surface area is 120 Å². The topological polar surface area (TPSA) is 43.1 Å². The molecule has 0 aliphatic heterocycles. The number of halogens is 1. The van der Waals surface area contributed by atoms with Crippen molar-refractivity contribution in [2.45, 2.75) is 25.8 Å². The van der Waals surface area contributed by atoms with Crippen LogP contribution in [0.25, 0.3) is 5.82 Å². The van der Waals surface area contributed by atoms with E-state index in [9.17, 15) is 0 Å². The van der Waals surface area contributed by atoms with E-state index in [4.69, 9.17) is 0 Å². The van der Waals surface area contributed by atoms with Crippen LogP contribution < -0.4 is 0 Å². The summed E-state index contributed by atoms with van der Waals surface area (Å²) < 4.78 is 2.82. The maximum atomic E-state index is 4.63. The van der Waals surface area contributed by atoms with Crippen LogP contribution in [0.3, 0.4) is 0 Å². The highest BCUT2D eigenvalue weighted by Crippen LogP contribution is 2.30. The van der Waals surface area contributed by atoms with Crippen molar-refractivity contribution in [1.82, 2.24) is 14.8 Å². The van der Waals surface area contributed by atoms with Crippen LogP contribution in [-0.2, 0) is 0 Å². The van der Waals surface area contributed by atoms with E-state index in [0.717, 1.165) is 16.0 Å². The van der Waals surface area contributed by atoms with Crippen LogP contribution in [-0.4, -0.2) is 21.0 Å². The van der Waals surface area contributed by atoms with E-state index in [0.29, 0.717) is 5.92 Å². The summed E-state index contributed by atoms with van der Waals surface area (Å²) in [6.45, 7) is 2.08. The summed E-state index contributed by atoms with van der Waals surface area (Å²) in [5, 5.41) is 4.38. The van der Waals surface area contributed by atoms with Gasteiger partial charge in [0.05, 0.1) is 22.4 Å². The van der Waals surface area contributed by atoms with E-state index >= 15 is 0 Å². The highest BCUT2D eigenvalue weighted by molar-refractivity contribution is 9.10. The fraction of sp³-hybridized carbons (Fsp3) is 0.357. The molecule has 1 unspecified atom stereocenters. The lowest BCUT2D eigenvalue weighted by Crippen LogP contribution is -2.06. The van der Waals surface area contributed by atoms with Gasteiger partial charge in [-0.05, 0) is 53.7 Å². The number of hydrogen-bond acceptors (Lipinski definition) is 3. The molecular formula is C14H15BrN4. The fourth-order valence-electron chi connectivity index (χ4n) is 1.94. The predicted octanol–water partition coefficient (Wildman–Crippen LogP) is 3.57. The zero-order valence-corrected chi connectivity index (χ0v) is 12.3. The molecule has 5 heteroatoms. The number of aliphatic imine (C=N–C) groups is 1. The van der Waals surface area contributed by atoms with Crippen molar-refractivity contribution in [2.24, 2.45) is 10.9 Å². The molecule has 1 saturated carbocycles. The minimum absolute atomic E-state index is 0.0690. The molecule has 19 heavy (non-hydrogen) atoms. The molecule has 4 nitrogen and oxygen atoms in total. The van der Waals surface area contributed by atoms with Gasteiger partial charge in [0.1, 0.15) is 0 Å². The summed E-state index contributed by atoms with van der Waals surface area (Å²) in [6, 6.07) is 5.87. The minimum atomic E-state index is 0.0690. The first kappa shape index (κ1) is 12.5. The minimum Gasteiger partial charge on any atom is -0.288 e. The van der Waals surface area contributed by atoms with Gasteiger partial charge >= 0.3 is 0 Å². The summed E-state index contributed by atoms with van der Waals surface area (Å²) in [5.74, 6) is 1.50. The molecule has 1 atom stereocenters. The highest BCUT2D eigenvalue weighted by atomic mass is 79.9. The third-order valence-corrected chi connectivity index (χ3v) is 3.77. The Kier molecular flexibility index (Phi) is 3.46. The number of nitrogens with zero attached hydrogens (tertiary/aromatic N) is 4. The van der Waals surface area contributed by atoms with Crippen molar-refractivity contribution in [3.8, 4) is 5.82 Å². The van der Waals surface area contributed by atoms with Gasteiger partial charge in [0, 0.05) is 12.4 Å². The van der Waals surface area contributed by atoms with E-state index in [1.807, 2.05) is 22.9 Å². The van der Waals surface area contributed by atoms with Crippen LogP contribution in [0.5, 0.6) is 0 Å². The fourth-order valence-corrected chi connectivity index (χ4v) is 2.53. The van der Waals surface area contributed by atoms with Crippen molar-refractivity contribution >= 4 is 22.1 Å². The Morgan fingerprint density at radius 2 is 2.32 bits per heavy atom. The zero-order chi connectivity index (χ0) is 13.2. The normalized spacial score (nSPS) is 16.9. The van der Waals surface area contributed by atoms with Crippen LogP contribution in [0.2, 0.25) is 0 Å². The third kappa shape index (κ3) is 2.76. The Balaban J connectivity index is 1.93. The van der Waals surface area contributed by atoms with Gasteiger partial charge in [0.25, 0.3) is 0 Å². The molecule has 1 aliphatic carbocycles.